The molecule has 2 fully saturated rings. The average Bonchev–Trinajstić information content (AvgIpc) is 3.06. The average molecular weight is 378 g/mol. The maximum Gasteiger partial charge on any atom is 0.175 e. The van der Waals surface area contributed by atoms with E-state index in [1.807, 2.05) is 36.0 Å². The Bertz CT molecular complexity index is 629. The SMILES string of the molecule is CC[C@H]1CN(C(=S)NC2CCCCC2)C(=Nc2cccc(OC)c2)S1. The molecule has 0 unspecified atom stereocenters. The van der Waals surface area contributed by atoms with Gasteiger partial charge in [0, 0.05) is 23.9 Å². The van der Waals surface area contributed by atoms with Gasteiger partial charge in [0.25, 0.3) is 0 Å². The number of nitrogens with one attached hydrogen (secondary N) is 1. The van der Waals surface area contributed by atoms with Gasteiger partial charge in [-0.2, -0.15) is 0 Å². The van der Waals surface area contributed by atoms with Gasteiger partial charge in [0.15, 0.2) is 10.3 Å². The summed E-state index contributed by atoms with van der Waals surface area (Å²) in [4.78, 5) is 7.04. The predicted octanol–water partition coefficient (Wildman–Crippen LogP) is 4.72. The van der Waals surface area contributed by atoms with Crippen molar-refractivity contribution in [2.75, 3.05) is 13.7 Å². The molecule has 1 aliphatic carbocycles. The minimum absolute atomic E-state index is 0.519. The lowest BCUT2D eigenvalue weighted by Crippen LogP contribution is -2.46. The molecule has 1 aromatic rings. The fourth-order valence-electron chi connectivity index (χ4n) is 3.29. The van der Waals surface area contributed by atoms with Crippen LogP contribution in [0.1, 0.15) is 45.4 Å². The van der Waals surface area contributed by atoms with Gasteiger partial charge in [-0.3, -0.25) is 4.90 Å². The van der Waals surface area contributed by atoms with Gasteiger partial charge in [-0.1, -0.05) is 44.0 Å². The van der Waals surface area contributed by atoms with Gasteiger partial charge in [0.05, 0.1) is 12.8 Å². The Morgan fingerprint density at radius 2 is 2.16 bits per heavy atom. The smallest absolute Gasteiger partial charge is 0.175 e. The van der Waals surface area contributed by atoms with Gasteiger partial charge in [-0.05, 0) is 43.6 Å². The number of rotatable bonds is 4. The van der Waals surface area contributed by atoms with Crippen LogP contribution in [-0.4, -0.2) is 40.1 Å². The van der Waals surface area contributed by atoms with Crippen molar-refractivity contribution in [3.8, 4) is 5.75 Å². The summed E-state index contributed by atoms with van der Waals surface area (Å²) in [5, 5.41) is 5.94. The molecule has 0 amide bonds. The molecule has 0 aromatic heterocycles. The van der Waals surface area contributed by atoms with E-state index in [1.54, 1.807) is 7.11 Å². The first kappa shape index (κ1) is 18.5. The highest BCUT2D eigenvalue weighted by Crippen LogP contribution is 2.31. The second-order valence-electron chi connectivity index (χ2n) is 6.64. The molecule has 1 aromatic carbocycles. The lowest BCUT2D eigenvalue weighted by Gasteiger charge is -2.28. The summed E-state index contributed by atoms with van der Waals surface area (Å²) in [6.45, 7) is 3.16. The van der Waals surface area contributed by atoms with E-state index in [2.05, 4.69) is 17.1 Å². The summed E-state index contributed by atoms with van der Waals surface area (Å²) in [6.07, 6.45) is 7.52. The zero-order valence-corrected chi connectivity index (χ0v) is 16.7. The lowest BCUT2D eigenvalue weighted by molar-refractivity contribution is 0.405. The highest BCUT2D eigenvalue weighted by Gasteiger charge is 2.31. The van der Waals surface area contributed by atoms with E-state index < -0.39 is 0 Å². The minimum atomic E-state index is 0.519. The Morgan fingerprint density at radius 1 is 1.36 bits per heavy atom. The van der Waals surface area contributed by atoms with E-state index >= 15 is 0 Å². The summed E-state index contributed by atoms with van der Waals surface area (Å²) in [6, 6.07) is 8.39. The lowest BCUT2D eigenvalue weighted by atomic mass is 9.96. The van der Waals surface area contributed by atoms with Crippen molar-refractivity contribution in [3.05, 3.63) is 24.3 Å². The van der Waals surface area contributed by atoms with Gasteiger partial charge in [-0.15, -0.1) is 0 Å². The number of ether oxygens (including phenoxy) is 1. The van der Waals surface area contributed by atoms with Gasteiger partial charge < -0.3 is 10.1 Å². The molecular formula is C19H27N3OS2. The molecule has 0 spiro atoms. The molecule has 1 atom stereocenters. The van der Waals surface area contributed by atoms with Crippen molar-refractivity contribution in [2.24, 2.45) is 4.99 Å². The first-order valence-electron chi connectivity index (χ1n) is 9.17. The molecule has 1 N–H and O–H groups in total. The minimum Gasteiger partial charge on any atom is -0.497 e. The third kappa shape index (κ3) is 4.88. The van der Waals surface area contributed by atoms with E-state index in [0.717, 1.165) is 34.7 Å². The number of amidine groups is 1. The monoisotopic (exact) mass is 377 g/mol. The van der Waals surface area contributed by atoms with Crippen molar-refractivity contribution in [2.45, 2.75) is 56.7 Å². The van der Waals surface area contributed by atoms with E-state index in [-0.39, 0.29) is 0 Å². The van der Waals surface area contributed by atoms with Crippen LogP contribution in [0.2, 0.25) is 0 Å². The van der Waals surface area contributed by atoms with E-state index in [0.29, 0.717) is 11.3 Å². The van der Waals surface area contributed by atoms with Gasteiger partial charge >= 0.3 is 0 Å². The van der Waals surface area contributed by atoms with Crippen LogP contribution in [0.4, 0.5) is 5.69 Å². The topological polar surface area (TPSA) is 36.9 Å². The van der Waals surface area contributed by atoms with E-state index in [1.165, 1.54) is 32.1 Å². The number of hydrogen-bond donors (Lipinski definition) is 1. The van der Waals surface area contributed by atoms with Crippen LogP contribution in [0.3, 0.4) is 0 Å². The Balaban J connectivity index is 1.75. The molecule has 25 heavy (non-hydrogen) atoms. The van der Waals surface area contributed by atoms with Gasteiger partial charge in [0.1, 0.15) is 5.75 Å². The Hall–Kier alpha value is -1.27. The molecule has 2 aliphatic rings. The van der Waals surface area contributed by atoms with Crippen molar-refractivity contribution in [3.63, 3.8) is 0 Å². The highest BCUT2D eigenvalue weighted by molar-refractivity contribution is 8.14. The Labute approximate surface area is 160 Å². The van der Waals surface area contributed by atoms with Crippen LogP contribution < -0.4 is 10.1 Å². The predicted molar refractivity (Wildman–Crippen MR) is 111 cm³/mol. The largest absolute Gasteiger partial charge is 0.497 e. The van der Waals surface area contributed by atoms with E-state index in [4.69, 9.17) is 21.9 Å². The first-order valence-corrected chi connectivity index (χ1v) is 10.5. The molecule has 0 bridgehead atoms. The first-order chi connectivity index (χ1) is 12.2. The summed E-state index contributed by atoms with van der Waals surface area (Å²) in [5.41, 5.74) is 0.907. The maximum atomic E-state index is 5.73. The van der Waals surface area contributed by atoms with Gasteiger partial charge in [-0.25, -0.2) is 4.99 Å². The van der Waals surface area contributed by atoms with Crippen LogP contribution >= 0.6 is 24.0 Å². The van der Waals surface area contributed by atoms with Crippen molar-refractivity contribution in [1.29, 1.82) is 0 Å². The number of thioether (sulfide) groups is 1. The second kappa shape index (κ2) is 8.90. The van der Waals surface area contributed by atoms with Crippen molar-refractivity contribution in [1.82, 2.24) is 10.2 Å². The fourth-order valence-corrected chi connectivity index (χ4v) is 4.82. The van der Waals surface area contributed by atoms with Crippen LogP contribution in [0.15, 0.2) is 29.3 Å². The molecule has 0 radical (unpaired) electrons. The molecule has 1 saturated heterocycles. The van der Waals surface area contributed by atoms with Crippen LogP contribution in [0.5, 0.6) is 5.75 Å². The van der Waals surface area contributed by atoms with E-state index in [9.17, 15) is 0 Å². The summed E-state index contributed by atoms with van der Waals surface area (Å²) in [5.74, 6) is 0.825. The van der Waals surface area contributed by atoms with Crippen molar-refractivity contribution < 1.29 is 4.74 Å². The Morgan fingerprint density at radius 3 is 2.88 bits per heavy atom. The molecular weight excluding hydrogens is 350 g/mol. The third-order valence-corrected chi connectivity index (χ3v) is 6.48. The number of benzene rings is 1. The number of hydrogen-bond acceptors (Lipinski definition) is 4. The molecule has 136 valence electrons. The third-order valence-electron chi connectivity index (χ3n) is 4.80. The standard InChI is InChI=1S/C19H27N3OS2/c1-3-17-13-22(18(24)20-14-8-5-4-6-9-14)19(25-17)21-15-10-7-11-16(12-15)23-2/h7,10-12,14,17H,3-6,8-9,13H2,1-2H3,(H,20,24)/t17-/m0/s1. The molecule has 1 aliphatic heterocycles. The molecule has 1 saturated carbocycles. The maximum absolute atomic E-state index is 5.73. The van der Waals surface area contributed by atoms with Crippen LogP contribution in [0.25, 0.3) is 0 Å². The summed E-state index contributed by atoms with van der Waals surface area (Å²) in [7, 11) is 1.68. The number of aliphatic imine (C=N–C) groups is 1. The van der Waals surface area contributed by atoms with Gasteiger partial charge in [0.2, 0.25) is 0 Å². The molecule has 6 heteroatoms. The quantitative estimate of drug-likeness (QED) is 0.769. The molecule has 3 rings (SSSR count). The van der Waals surface area contributed by atoms with Crippen molar-refractivity contribution >= 4 is 39.9 Å². The second-order valence-corrected chi connectivity index (χ2v) is 8.29. The molecule has 4 nitrogen and oxygen atoms in total. The fraction of sp³-hybridized carbons (Fsp3) is 0.579. The summed E-state index contributed by atoms with van der Waals surface area (Å²) >= 11 is 7.56. The normalized spacial score (nSPS) is 23.0. The zero-order chi connectivity index (χ0) is 17.6. The Kier molecular flexibility index (Phi) is 6.59. The number of methoxy groups -OCH3 is 1. The van der Waals surface area contributed by atoms with Crippen LogP contribution in [-0.2, 0) is 0 Å². The number of thiocarbonyl (C=S) groups is 1. The highest BCUT2D eigenvalue weighted by atomic mass is 32.2. The summed E-state index contributed by atoms with van der Waals surface area (Å²) < 4.78 is 5.31. The van der Waals surface area contributed by atoms with Crippen LogP contribution in [0, 0.1) is 0 Å². The number of nitrogens with zero attached hydrogens (tertiary/aromatic N) is 2. The zero-order valence-electron chi connectivity index (χ0n) is 15.0. The molecule has 1 heterocycles.